The Morgan fingerprint density at radius 2 is 1.65 bits per heavy atom. The van der Waals surface area contributed by atoms with Gasteiger partial charge in [-0.1, -0.05) is 24.3 Å². The predicted molar refractivity (Wildman–Crippen MR) is 92.6 cm³/mol. The van der Waals surface area contributed by atoms with Crippen LogP contribution in [0.15, 0.2) is 24.3 Å². The summed E-state index contributed by atoms with van der Waals surface area (Å²) in [5.74, 6) is 0.638. The third-order valence-corrected chi connectivity index (χ3v) is 6.21. The van der Waals surface area contributed by atoms with E-state index in [1.165, 1.54) is 43.2 Å². The van der Waals surface area contributed by atoms with Gasteiger partial charge in [-0.05, 0) is 68.9 Å². The van der Waals surface area contributed by atoms with Crippen LogP contribution in [-0.4, -0.2) is 41.0 Å². The quantitative estimate of drug-likeness (QED) is 0.758. The highest BCUT2D eigenvalue weighted by atomic mass is 16.2. The molecule has 124 valence electrons. The minimum atomic E-state index is 0.334. The third-order valence-electron chi connectivity index (χ3n) is 6.21. The number of hydrogen-bond donors (Lipinski definition) is 0. The van der Waals surface area contributed by atoms with Crippen molar-refractivity contribution in [3.05, 3.63) is 35.4 Å². The van der Waals surface area contributed by atoms with Crippen LogP contribution in [0.5, 0.6) is 0 Å². The average molecular weight is 312 g/mol. The molecule has 2 bridgehead atoms. The van der Waals surface area contributed by atoms with Crippen LogP contribution >= 0.6 is 0 Å². The molecule has 3 aliphatic heterocycles. The molecule has 1 unspecified atom stereocenters. The molecule has 23 heavy (non-hydrogen) atoms. The number of hydrogen-bond acceptors (Lipinski definition) is 1. The lowest BCUT2D eigenvalue weighted by molar-refractivity contribution is 0.0990. The van der Waals surface area contributed by atoms with Crippen molar-refractivity contribution in [1.29, 1.82) is 0 Å². The summed E-state index contributed by atoms with van der Waals surface area (Å²) in [6, 6.07) is 10.1. The summed E-state index contributed by atoms with van der Waals surface area (Å²) in [5.41, 5.74) is 2.92. The first-order chi connectivity index (χ1) is 11.2. The zero-order chi connectivity index (χ0) is 15.8. The number of aryl methyl sites for hydroxylation is 1. The van der Waals surface area contributed by atoms with Gasteiger partial charge in [-0.3, -0.25) is 0 Å². The van der Waals surface area contributed by atoms with Gasteiger partial charge in [0, 0.05) is 25.2 Å². The number of piperidine rings is 2. The van der Waals surface area contributed by atoms with Crippen molar-refractivity contribution in [3.63, 3.8) is 0 Å². The summed E-state index contributed by atoms with van der Waals surface area (Å²) in [4.78, 5) is 17.4. The van der Waals surface area contributed by atoms with E-state index < -0.39 is 0 Å². The molecular formula is C20H28N2O. The Bertz CT molecular complexity index is 565. The summed E-state index contributed by atoms with van der Waals surface area (Å²) >= 11 is 0. The molecule has 0 spiro atoms. The van der Waals surface area contributed by atoms with E-state index in [1.807, 2.05) is 0 Å². The van der Waals surface area contributed by atoms with Gasteiger partial charge in [-0.2, -0.15) is 0 Å². The fourth-order valence-electron chi connectivity index (χ4n) is 5.04. The number of fused-ring (bicyclic) bond motifs is 2. The molecule has 0 radical (unpaired) electrons. The molecule has 3 fully saturated rings. The molecule has 4 rings (SSSR count). The highest BCUT2D eigenvalue weighted by Crippen LogP contribution is 2.44. The lowest BCUT2D eigenvalue weighted by Crippen LogP contribution is -2.53. The van der Waals surface area contributed by atoms with E-state index in [1.54, 1.807) is 0 Å². The second-order valence-electron chi connectivity index (χ2n) is 7.65. The summed E-state index contributed by atoms with van der Waals surface area (Å²) in [5, 5.41) is 0. The molecular weight excluding hydrogens is 284 g/mol. The third kappa shape index (κ3) is 2.75. The molecule has 0 aliphatic carbocycles. The van der Waals surface area contributed by atoms with Crippen LogP contribution < -0.4 is 0 Å². The van der Waals surface area contributed by atoms with Gasteiger partial charge in [0.25, 0.3) is 0 Å². The molecule has 3 aliphatic rings. The van der Waals surface area contributed by atoms with Crippen molar-refractivity contribution in [2.24, 2.45) is 0 Å². The first-order valence-electron chi connectivity index (χ1n) is 9.37. The van der Waals surface area contributed by atoms with Crippen LogP contribution in [0.25, 0.3) is 0 Å². The van der Waals surface area contributed by atoms with Crippen LogP contribution in [-0.2, 0) is 0 Å². The van der Waals surface area contributed by atoms with E-state index >= 15 is 0 Å². The lowest BCUT2D eigenvalue weighted by Gasteiger charge is -2.42. The first kappa shape index (κ1) is 15.0. The van der Waals surface area contributed by atoms with E-state index in [2.05, 4.69) is 41.0 Å². The van der Waals surface area contributed by atoms with Gasteiger partial charge in [0.05, 0.1) is 0 Å². The van der Waals surface area contributed by atoms with Crippen LogP contribution in [0, 0.1) is 6.92 Å². The maximum absolute atomic E-state index is 13.0. The highest BCUT2D eigenvalue weighted by Gasteiger charge is 2.45. The Balaban J connectivity index is 1.50. The Kier molecular flexibility index (Phi) is 4.04. The van der Waals surface area contributed by atoms with Crippen LogP contribution in [0.4, 0.5) is 4.79 Å². The van der Waals surface area contributed by atoms with E-state index in [0.717, 1.165) is 25.9 Å². The van der Waals surface area contributed by atoms with Gasteiger partial charge in [0.2, 0.25) is 0 Å². The van der Waals surface area contributed by atoms with Crippen molar-refractivity contribution >= 4 is 6.03 Å². The lowest BCUT2D eigenvalue weighted by atomic mass is 9.83. The Hall–Kier alpha value is -1.51. The summed E-state index contributed by atoms with van der Waals surface area (Å²) < 4.78 is 0. The maximum atomic E-state index is 13.0. The maximum Gasteiger partial charge on any atom is 0.320 e. The SMILES string of the molecule is Cc1ccccc1C1C[C@H]2CC[C@@H](C1)N2C(=O)N1CCCCC1. The molecule has 2 amide bonds. The van der Waals surface area contributed by atoms with E-state index in [0.29, 0.717) is 24.0 Å². The van der Waals surface area contributed by atoms with Gasteiger partial charge in [0.15, 0.2) is 0 Å². The number of carbonyl (C=O) groups is 1. The first-order valence-corrected chi connectivity index (χ1v) is 9.37. The summed E-state index contributed by atoms with van der Waals surface area (Å²) in [6.45, 7) is 4.16. The normalized spacial score (nSPS) is 30.6. The topological polar surface area (TPSA) is 23.6 Å². The Morgan fingerprint density at radius 3 is 2.30 bits per heavy atom. The van der Waals surface area contributed by atoms with Gasteiger partial charge in [-0.25, -0.2) is 4.79 Å². The van der Waals surface area contributed by atoms with Crippen LogP contribution in [0.2, 0.25) is 0 Å². The predicted octanol–water partition coefficient (Wildman–Crippen LogP) is 4.31. The molecule has 1 aromatic carbocycles. The van der Waals surface area contributed by atoms with Crippen molar-refractivity contribution in [1.82, 2.24) is 9.80 Å². The number of carbonyl (C=O) groups excluding carboxylic acids is 1. The molecule has 3 nitrogen and oxygen atoms in total. The molecule has 3 heteroatoms. The van der Waals surface area contributed by atoms with Gasteiger partial charge >= 0.3 is 6.03 Å². The van der Waals surface area contributed by atoms with Crippen LogP contribution in [0.1, 0.15) is 62.0 Å². The fraction of sp³-hybridized carbons (Fsp3) is 0.650. The Morgan fingerprint density at radius 1 is 1.00 bits per heavy atom. The van der Waals surface area contributed by atoms with Crippen molar-refractivity contribution in [3.8, 4) is 0 Å². The molecule has 3 atom stereocenters. The number of benzene rings is 1. The molecule has 3 heterocycles. The minimum absolute atomic E-state index is 0.334. The monoisotopic (exact) mass is 312 g/mol. The molecule has 3 saturated heterocycles. The zero-order valence-electron chi connectivity index (χ0n) is 14.2. The van der Waals surface area contributed by atoms with Crippen LogP contribution in [0.3, 0.4) is 0 Å². The molecule has 0 saturated carbocycles. The number of likely N-dealkylation sites (tertiary alicyclic amines) is 1. The Labute approximate surface area is 139 Å². The standard InChI is InChI=1S/C20H28N2O/c1-15-7-3-4-8-19(15)16-13-17-9-10-18(14-16)22(17)20(23)21-11-5-2-6-12-21/h3-4,7-8,16-18H,2,5-6,9-14H2,1H3/t16?,17-,18+. The van der Waals surface area contributed by atoms with Crippen molar-refractivity contribution < 1.29 is 4.79 Å². The van der Waals surface area contributed by atoms with Crippen molar-refractivity contribution in [2.45, 2.75) is 69.9 Å². The highest BCUT2D eigenvalue weighted by molar-refractivity contribution is 5.76. The van der Waals surface area contributed by atoms with Gasteiger partial charge < -0.3 is 9.80 Å². The molecule has 1 aromatic rings. The summed E-state index contributed by atoms with van der Waals surface area (Å²) in [6.07, 6.45) is 8.36. The average Bonchev–Trinajstić information content (AvgIpc) is 2.85. The zero-order valence-corrected chi connectivity index (χ0v) is 14.2. The second kappa shape index (κ2) is 6.18. The number of nitrogens with zero attached hydrogens (tertiary/aromatic N) is 2. The number of amides is 2. The molecule has 0 aromatic heterocycles. The number of rotatable bonds is 1. The second-order valence-corrected chi connectivity index (χ2v) is 7.65. The van der Waals surface area contributed by atoms with E-state index in [4.69, 9.17) is 0 Å². The smallest absolute Gasteiger partial charge is 0.320 e. The van der Waals surface area contributed by atoms with Crippen molar-refractivity contribution in [2.75, 3.05) is 13.1 Å². The molecule has 0 N–H and O–H groups in total. The number of urea groups is 1. The fourth-order valence-corrected chi connectivity index (χ4v) is 5.04. The van der Waals surface area contributed by atoms with Gasteiger partial charge in [0.1, 0.15) is 0 Å². The largest absolute Gasteiger partial charge is 0.325 e. The van der Waals surface area contributed by atoms with E-state index in [9.17, 15) is 4.79 Å². The summed E-state index contributed by atoms with van der Waals surface area (Å²) in [7, 11) is 0. The van der Waals surface area contributed by atoms with Gasteiger partial charge in [-0.15, -0.1) is 0 Å². The van der Waals surface area contributed by atoms with E-state index in [-0.39, 0.29) is 0 Å². The minimum Gasteiger partial charge on any atom is -0.325 e.